The van der Waals surface area contributed by atoms with Crippen molar-refractivity contribution >= 4 is 11.6 Å². The van der Waals surface area contributed by atoms with Crippen LogP contribution in [0.5, 0.6) is 5.75 Å². The first kappa shape index (κ1) is 8.85. The van der Waals surface area contributed by atoms with Crippen LogP contribution in [0.25, 0.3) is 0 Å². The molecule has 0 saturated carbocycles. The van der Waals surface area contributed by atoms with Gasteiger partial charge in [0.05, 0.1) is 5.02 Å². The molecule has 0 bridgehead atoms. The molecule has 1 atom stereocenters. The van der Waals surface area contributed by atoms with Gasteiger partial charge in [0.15, 0.2) is 0 Å². The first-order valence-corrected chi connectivity index (χ1v) is 4.83. The maximum Gasteiger partial charge on any atom is 0.134 e. The first-order chi connectivity index (χ1) is 6.18. The number of halogens is 1. The summed E-state index contributed by atoms with van der Waals surface area (Å²) in [6.07, 6.45) is 3.09. The second-order valence-corrected chi connectivity index (χ2v) is 3.91. The summed E-state index contributed by atoms with van der Waals surface area (Å²) in [5.41, 5.74) is 8.16. The van der Waals surface area contributed by atoms with E-state index in [1.807, 2.05) is 0 Å². The summed E-state index contributed by atoms with van der Waals surface area (Å²) in [5.74, 6) is 0.162. The van der Waals surface area contributed by atoms with E-state index in [1.54, 1.807) is 12.1 Å². The van der Waals surface area contributed by atoms with E-state index < -0.39 is 0 Å². The van der Waals surface area contributed by atoms with Crippen molar-refractivity contribution < 1.29 is 5.11 Å². The highest BCUT2D eigenvalue weighted by molar-refractivity contribution is 6.32. The van der Waals surface area contributed by atoms with Crippen molar-refractivity contribution in [2.75, 3.05) is 0 Å². The molecule has 2 rings (SSSR count). The summed E-state index contributed by atoms with van der Waals surface area (Å²) in [4.78, 5) is 0. The monoisotopic (exact) mass is 197 g/mol. The Morgan fingerprint density at radius 3 is 3.00 bits per heavy atom. The van der Waals surface area contributed by atoms with Gasteiger partial charge in [-0.05, 0) is 42.5 Å². The highest BCUT2D eigenvalue weighted by Crippen LogP contribution is 2.34. The number of hydrogen-bond donors (Lipinski definition) is 2. The lowest BCUT2D eigenvalue weighted by Gasteiger charge is -2.22. The number of hydrogen-bond acceptors (Lipinski definition) is 2. The molecule has 0 spiro atoms. The zero-order valence-electron chi connectivity index (χ0n) is 7.26. The fourth-order valence-electron chi connectivity index (χ4n) is 1.85. The Morgan fingerprint density at radius 2 is 2.23 bits per heavy atom. The Balaban J connectivity index is 2.52. The van der Waals surface area contributed by atoms with E-state index in [-0.39, 0.29) is 11.8 Å². The van der Waals surface area contributed by atoms with Gasteiger partial charge in [-0.1, -0.05) is 11.6 Å². The fraction of sp³-hybridized carbons (Fsp3) is 0.400. The van der Waals surface area contributed by atoms with Crippen LogP contribution in [0.15, 0.2) is 12.1 Å². The minimum atomic E-state index is 0.0850. The number of fused-ring (bicyclic) bond motifs is 1. The Morgan fingerprint density at radius 1 is 1.46 bits per heavy atom. The second-order valence-electron chi connectivity index (χ2n) is 3.50. The molecule has 1 unspecified atom stereocenters. The summed E-state index contributed by atoms with van der Waals surface area (Å²) in [6, 6.07) is 3.61. The van der Waals surface area contributed by atoms with Crippen LogP contribution in [0.2, 0.25) is 5.02 Å². The number of rotatable bonds is 0. The Hall–Kier alpha value is -0.730. The highest BCUT2D eigenvalue weighted by atomic mass is 35.5. The zero-order chi connectivity index (χ0) is 9.42. The molecular formula is C10H12ClNO. The minimum Gasteiger partial charge on any atom is -0.506 e. The van der Waals surface area contributed by atoms with Crippen molar-refractivity contribution in [3.63, 3.8) is 0 Å². The van der Waals surface area contributed by atoms with Gasteiger partial charge in [0.25, 0.3) is 0 Å². The molecule has 1 aliphatic rings. The molecule has 70 valence electrons. The lowest BCUT2D eigenvalue weighted by molar-refractivity contribution is 0.471. The molecule has 0 fully saturated rings. The molecule has 2 nitrogen and oxygen atoms in total. The van der Waals surface area contributed by atoms with Crippen molar-refractivity contribution in [1.29, 1.82) is 0 Å². The van der Waals surface area contributed by atoms with E-state index in [4.69, 9.17) is 17.3 Å². The van der Waals surface area contributed by atoms with Gasteiger partial charge in [0, 0.05) is 6.04 Å². The smallest absolute Gasteiger partial charge is 0.134 e. The molecule has 0 amide bonds. The van der Waals surface area contributed by atoms with Gasteiger partial charge in [-0.25, -0.2) is 0 Å². The third-order valence-corrected chi connectivity index (χ3v) is 2.87. The third kappa shape index (κ3) is 1.52. The molecule has 0 radical (unpaired) electrons. The summed E-state index contributed by atoms with van der Waals surface area (Å²) in [7, 11) is 0. The fourth-order valence-corrected chi connectivity index (χ4v) is 2.02. The van der Waals surface area contributed by atoms with Crippen molar-refractivity contribution in [3.8, 4) is 5.75 Å². The van der Waals surface area contributed by atoms with Crippen LogP contribution in [0.3, 0.4) is 0 Å². The van der Waals surface area contributed by atoms with Crippen molar-refractivity contribution in [2.24, 2.45) is 5.73 Å². The molecule has 1 aromatic rings. The second kappa shape index (κ2) is 3.20. The molecule has 1 aromatic carbocycles. The van der Waals surface area contributed by atoms with Crippen LogP contribution in [0, 0.1) is 0 Å². The number of benzene rings is 1. The summed E-state index contributed by atoms with van der Waals surface area (Å²) < 4.78 is 0. The predicted octanol–water partition coefficient (Wildman–Crippen LogP) is 2.38. The Labute approximate surface area is 82.3 Å². The molecule has 3 heteroatoms. The summed E-state index contributed by atoms with van der Waals surface area (Å²) >= 11 is 5.81. The van der Waals surface area contributed by atoms with Gasteiger partial charge in [-0.15, -0.1) is 0 Å². The highest BCUT2D eigenvalue weighted by Gasteiger charge is 2.18. The van der Waals surface area contributed by atoms with Crippen molar-refractivity contribution in [2.45, 2.75) is 25.3 Å². The Kier molecular flexibility index (Phi) is 2.18. The number of nitrogens with two attached hydrogens (primary N) is 1. The van der Waals surface area contributed by atoms with Crippen molar-refractivity contribution in [3.05, 3.63) is 28.3 Å². The number of aromatic hydroxyl groups is 1. The molecular weight excluding hydrogens is 186 g/mol. The molecule has 0 aliphatic heterocycles. The number of phenolic OH excluding ortho intramolecular Hbond substituents is 1. The van der Waals surface area contributed by atoms with Gasteiger partial charge in [-0.3, -0.25) is 0 Å². The van der Waals surface area contributed by atoms with E-state index >= 15 is 0 Å². The van der Waals surface area contributed by atoms with Crippen LogP contribution in [0.1, 0.15) is 30.0 Å². The normalized spacial score (nSPS) is 21.2. The van der Waals surface area contributed by atoms with Gasteiger partial charge in [0.1, 0.15) is 5.75 Å². The Bertz CT molecular complexity index is 338. The van der Waals surface area contributed by atoms with E-state index in [0.29, 0.717) is 5.02 Å². The van der Waals surface area contributed by atoms with Crippen LogP contribution >= 0.6 is 11.6 Å². The topological polar surface area (TPSA) is 46.2 Å². The van der Waals surface area contributed by atoms with Gasteiger partial charge < -0.3 is 10.8 Å². The van der Waals surface area contributed by atoms with E-state index in [1.165, 1.54) is 0 Å². The molecule has 0 saturated heterocycles. The molecule has 3 N–H and O–H groups in total. The quantitative estimate of drug-likeness (QED) is 0.671. The maximum atomic E-state index is 9.39. The average Bonchev–Trinajstić information content (AvgIpc) is 2.09. The third-order valence-electron chi connectivity index (χ3n) is 2.57. The molecule has 0 heterocycles. The lowest BCUT2D eigenvalue weighted by atomic mass is 9.88. The SMILES string of the molecule is NC1CCCc2cc(O)c(Cl)cc21. The standard InChI is InChI=1S/C10H12ClNO/c11-8-5-7-6(4-10(8)13)2-1-3-9(7)12/h4-5,9,13H,1-3,12H2. The van der Waals surface area contributed by atoms with E-state index in [2.05, 4.69) is 0 Å². The van der Waals surface area contributed by atoms with Crippen LogP contribution in [0.4, 0.5) is 0 Å². The van der Waals surface area contributed by atoms with Gasteiger partial charge in [0.2, 0.25) is 0 Å². The number of phenols is 1. The minimum absolute atomic E-state index is 0.0850. The van der Waals surface area contributed by atoms with E-state index in [0.717, 1.165) is 30.4 Å². The molecule has 13 heavy (non-hydrogen) atoms. The largest absolute Gasteiger partial charge is 0.506 e. The van der Waals surface area contributed by atoms with Gasteiger partial charge in [-0.2, -0.15) is 0 Å². The van der Waals surface area contributed by atoms with Crippen LogP contribution < -0.4 is 5.73 Å². The summed E-state index contributed by atoms with van der Waals surface area (Å²) in [6.45, 7) is 0. The lowest BCUT2D eigenvalue weighted by Crippen LogP contribution is -2.17. The van der Waals surface area contributed by atoms with E-state index in [9.17, 15) is 5.11 Å². The molecule has 1 aliphatic carbocycles. The molecule has 0 aromatic heterocycles. The average molecular weight is 198 g/mol. The number of aryl methyl sites for hydroxylation is 1. The summed E-state index contributed by atoms with van der Waals surface area (Å²) in [5, 5.41) is 9.79. The van der Waals surface area contributed by atoms with Crippen LogP contribution in [-0.2, 0) is 6.42 Å². The van der Waals surface area contributed by atoms with Crippen LogP contribution in [-0.4, -0.2) is 5.11 Å². The maximum absolute atomic E-state index is 9.39. The zero-order valence-corrected chi connectivity index (χ0v) is 8.01. The predicted molar refractivity (Wildman–Crippen MR) is 53.0 cm³/mol. The first-order valence-electron chi connectivity index (χ1n) is 4.45. The van der Waals surface area contributed by atoms with Gasteiger partial charge >= 0.3 is 0 Å². The van der Waals surface area contributed by atoms with Crippen molar-refractivity contribution in [1.82, 2.24) is 0 Å².